The van der Waals surface area contributed by atoms with Crippen LogP contribution >= 0.6 is 0 Å². The molecule has 0 radical (unpaired) electrons. The van der Waals surface area contributed by atoms with E-state index in [-0.39, 0.29) is 6.04 Å². The fourth-order valence-electron chi connectivity index (χ4n) is 2.37. The minimum Gasteiger partial charge on any atom is -0.492 e. The summed E-state index contributed by atoms with van der Waals surface area (Å²) in [6, 6.07) is 24.1. The van der Waals surface area contributed by atoms with Gasteiger partial charge >= 0.3 is 0 Å². The monoisotopic (exact) mass is 263 g/mol. The number of ether oxygens (including phenoxy) is 1. The van der Waals surface area contributed by atoms with Crippen LogP contribution < -0.4 is 10.5 Å². The van der Waals surface area contributed by atoms with E-state index in [0.29, 0.717) is 6.61 Å². The van der Waals surface area contributed by atoms with Crippen LogP contribution in [0, 0.1) is 0 Å². The van der Waals surface area contributed by atoms with Crippen molar-refractivity contribution in [3.8, 4) is 5.75 Å². The number of fused-ring (bicyclic) bond motifs is 1. The van der Waals surface area contributed by atoms with Gasteiger partial charge in [0.25, 0.3) is 0 Å². The van der Waals surface area contributed by atoms with Crippen molar-refractivity contribution in [2.45, 2.75) is 6.04 Å². The van der Waals surface area contributed by atoms with Gasteiger partial charge < -0.3 is 10.5 Å². The van der Waals surface area contributed by atoms with Crippen LogP contribution in [0.2, 0.25) is 0 Å². The Hall–Kier alpha value is -2.32. The Labute approximate surface area is 118 Å². The van der Waals surface area contributed by atoms with E-state index >= 15 is 0 Å². The fraction of sp³-hybridized carbons (Fsp3) is 0.111. The van der Waals surface area contributed by atoms with Crippen LogP contribution in [-0.4, -0.2) is 6.61 Å². The average Bonchev–Trinajstić information content (AvgIpc) is 2.53. The molecule has 0 aliphatic heterocycles. The lowest BCUT2D eigenvalue weighted by Gasteiger charge is -2.15. The van der Waals surface area contributed by atoms with Crippen LogP contribution in [0.5, 0.6) is 5.75 Å². The lowest BCUT2D eigenvalue weighted by atomic mass is 10.00. The summed E-state index contributed by atoms with van der Waals surface area (Å²) in [6.07, 6.45) is 0. The third-order valence-corrected chi connectivity index (χ3v) is 3.40. The molecule has 100 valence electrons. The second kappa shape index (κ2) is 5.76. The molecule has 20 heavy (non-hydrogen) atoms. The molecule has 0 fully saturated rings. The summed E-state index contributed by atoms with van der Waals surface area (Å²) < 4.78 is 5.75. The van der Waals surface area contributed by atoms with Crippen LogP contribution in [0.1, 0.15) is 11.6 Å². The van der Waals surface area contributed by atoms with Gasteiger partial charge in [-0.25, -0.2) is 0 Å². The Kier molecular flexibility index (Phi) is 3.66. The standard InChI is InChI=1S/C18H17NO/c19-18(13-20-15-9-2-1-3-10-15)17-12-6-8-14-7-4-5-11-16(14)17/h1-12,18H,13,19H2/t18-/m0/s1. The molecule has 3 aromatic rings. The number of nitrogens with two attached hydrogens (primary N) is 1. The van der Waals surface area contributed by atoms with Crippen LogP contribution in [0.3, 0.4) is 0 Å². The smallest absolute Gasteiger partial charge is 0.119 e. The second-order valence-electron chi connectivity index (χ2n) is 4.80. The molecular weight excluding hydrogens is 246 g/mol. The minimum atomic E-state index is -0.138. The van der Waals surface area contributed by atoms with Crippen molar-refractivity contribution in [3.63, 3.8) is 0 Å². The van der Waals surface area contributed by atoms with Gasteiger partial charge in [0.1, 0.15) is 12.4 Å². The molecule has 0 saturated heterocycles. The van der Waals surface area contributed by atoms with Crippen LogP contribution in [0.4, 0.5) is 0 Å². The molecule has 0 aliphatic carbocycles. The normalized spacial score (nSPS) is 12.2. The van der Waals surface area contributed by atoms with Gasteiger partial charge in [-0.05, 0) is 28.5 Å². The van der Waals surface area contributed by atoms with Gasteiger partial charge in [-0.3, -0.25) is 0 Å². The summed E-state index contributed by atoms with van der Waals surface area (Å²) in [6.45, 7) is 0.470. The first-order valence-corrected chi connectivity index (χ1v) is 6.76. The summed E-state index contributed by atoms with van der Waals surface area (Å²) in [7, 11) is 0. The second-order valence-corrected chi connectivity index (χ2v) is 4.80. The number of hydrogen-bond acceptors (Lipinski definition) is 2. The first kappa shape index (κ1) is 12.7. The van der Waals surface area contributed by atoms with E-state index in [1.165, 1.54) is 10.8 Å². The van der Waals surface area contributed by atoms with Gasteiger partial charge in [-0.2, -0.15) is 0 Å². The van der Waals surface area contributed by atoms with E-state index < -0.39 is 0 Å². The first-order valence-electron chi connectivity index (χ1n) is 6.76. The summed E-state index contributed by atoms with van der Waals surface area (Å²) in [4.78, 5) is 0. The maximum Gasteiger partial charge on any atom is 0.119 e. The van der Waals surface area contributed by atoms with Crippen LogP contribution in [-0.2, 0) is 0 Å². The van der Waals surface area contributed by atoms with E-state index in [1.807, 2.05) is 48.5 Å². The highest BCUT2D eigenvalue weighted by atomic mass is 16.5. The Morgan fingerprint density at radius 3 is 2.35 bits per heavy atom. The number of benzene rings is 3. The van der Waals surface area contributed by atoms with E-state index in [2.05, 4.69) is 24.3 Å². The van der Waals surface area contributed by atoms with Crippen molar-refractivity contribution >= 4 is 10.8 Å². The van der Waals surface area contributed by atoms with Crippen molar-refractivity contribution in [3.05, 3.63) is 78.4 Å². The zero-order valence-corrected chi connectivity index (χ0v) is 11.2. The van der Waals surface area contributed by atoms with Gasteiger partial charge in [-0.15, -0.1) is 0 Å². The molecule has 0 spiro atoms. The molecule has 0 heterocycles. The van der Waals surface area contributed by atoms with Crippen molar-refractivity contribution in [1.29, 1.82) is 0 Å². The van der Waals surface area contributed by atoms with E-state index in [4.69, 9.17) is 10.5 Å². The molecule has 2 nitrogen and oxygen atoms in total. The van der Waals surface area contributed by atoms with Crippen molar-refractivity contribution < 1.29 is 4.74 Å². The summed E-state index contributed by atoms with van der Waals surface area (Å²) in [5.41, 5.74) is 7.41. The molecule has 2 N–H and O–H groups in total. The number of hydrogen-bond donors (Lipinski definition) is 1. The van der Waals surface area contributed by atoms with Gasteiger partial charge in [0.05, 0.1) is 6.04 Å². The molecule has 2 heteroatoms. The summed E-state index contributed by atoms with van der Waals surface area (Å²) in [5.74, 6) is 0.850. The van der Waals surface area contributed by atoms with Gasteiger partial charge in [-0.1, -0.05) is 60.7 Å². The maximum atomic E-state index is 6.28. The average molecular weight is 263 g/mol. The largest absolute Gasteiger partial charge is 0.492 e. The fourth-order valence-corrected chi connectivity index (χ4v) is 2.37. The Balaban J connectivity index is 1.80. The third-order valence-electron chi connectivity index (χ3n) is 3.40. The molecule has 0 bridgehead atoms. The van der Waals surface area contributed by atoms with E-state index in [9.17, 15) is 0 Å². The molecular formula is C18H17NO. The van der Waals surface area contributed by atoms with E-state index in [1.54, 1.807) is 0 Å². The highest BCUT2D eigenvalue weighted by Gasteiger charge is 2.10. The molecule has 3 rings (SSSR count). The molecule has 0 aliphatic rings. The molecule has 0 amide bonds. The van der Waals surface area contributed by atoms with Crippen LogP contribution in [0.25, 0.3) is 10.8 Å². The SMILES string of the molecule is N[C@@H](COc1ccccc1)c1cccc2ccccc12. The van der Waals surface area contributed by atoms with Crippen molar-refractivity contribution in [1.82, 2.24) is 0 Å². The highest BCUT2D eigenvalue weighted by Crippen LogP contribution is 2.23. The zero-order chi connectivity index (χ0) is 13.8. The molecule has 3 aromatic carbocycles. The van der Waals surface area contributed by atoms with Crippen LogP contribution in [0.15, 0.2) is 72.8 Å². The molecule has 0 aromatic heterocycles. The zero-order valence-electron chi connectivity index (χ0n) is 11.2. The maximum absolute atomic E-state index is 6.28. The van der Waals surface area contributed by atoms with E-state index in [0.717, 1.165) is 11.3 Å². The first-order chi connectivity index (χ1) is 9.84. The van der Waals surface area contributed by atoms with Gasteiger partial charge in [0, 0.05) is 0 Å². The predicted octanol–water partition coefficient (Wildman–Crippen LogP) is 3.92. The number of rotatable bonds is 4. The summed E-state index contributed by atoms with van der Waals surface area (Å²) >= 11 is 0. The lowest BCUT2D eigenvalue weighted by molar-refractivity contribution is 0.291. The molecule has 0 unspecified atom stereocenters. The quantitative estimate of drug-likeness (QED) is 0.774. The van der Waals surface area contributed by atoms with Gasteiger partial charge in [0.2, 0.25) is 0 Å². The van der Waals surface area contributed by atoms with Gasteiger partial charge in [0.15, 0.2) is 0 Å². The predicted molar refractivity (Wildman–Crippen MR) is 82.8 cm³/mol. The molecule has 0 saturated carbocycles. The Bertz CT molecular complexity index is 689. The number of para-hydroxylation sites is 1. The van der Waals surface area contributed by atoms with Crippen molar-refractivity contribution in [2.24, 2.45) is 5.73 Å². The Morgan fingerprint density at radius 2 is 1.50 bits per heavy atom. The minimum absolute atomic E-state index is 0.138. The Morgan fingerprint density at radius 1 is 0.800 bits per heavy atom. The molecule has 1 atom stereocenters. The van der Waals surface area contributed by atoms with Crippen molar-refractivity contribution in [2.75, 3.05) is 6.61 Å². The third kappa shape index (κ3) is 2.65. The topological polar surface area (TPSA) is 35.2 Å². The highest BCUT2D eigenvalue weighted by molar-refractivity contribution is 5.86. The lowest BCUT2D eigenvalue weighted by Crippen LogP contribution is -2.19. The summed E-state index contributed by atoms with van der Waals surface area (Å²) in [5, 5.41) is 2.40.